The van der Waals surface area contributed by atoms with Gasteiger partial charge in [-0.2, -0.15) is 0 Å². The van der Waals surface area contributed by atoms with E-state index in [1.165, 1.54) is 23.5 Å². The molecule has 2 aromatic rings. The van der Waals surface area contributed by atoms with E-state index in [0.29, 0.717) is 5.13 Å². The van der Waals surface area contributed by atoms with Crippen molar-refractivity contribution in [2.75, 3.05) is 16.3 Å². The van der Waals surface area contributed by atoms with E-state index >= 15 is 0 Å². The lowest BCUT2D eigenvalue weighted by molar-refractivity contribution is 0.102. The molecule has 0 saturated carbocycles. The van der Waals surface area contributed by atoms with Crippen LogP contribution in [-0.2, 0) is 15.4 Å². The van der Waals surface area contributed by atoms with Crippen LogP contribution >= 0.6 is 11.3 Å². The van der Waals surface area contributed by atoms with E-state index in [4.69, 9.17) is 0 Å². The Hall–Kier alpha value is -2.00. The lowest BCUT2D eigenvalue weighted by Gasteiger charge is -2.12. The van der Waals surface area contributed by atoms with Gasteiger partial charge in [0.2, 0.25) is 15.2 Å². The minimum absolute atomic E-state index is 0.156. The molecule has 0 atom stereocenters. The number of amides is 1. The van der Waals surface area contributed by atoms with Gasteiger partial charge in [-0.25, -0.2) is 8.42 Å². The fourth-order valence-corrected chi connectivity index (χ4v) is 3.08. The van der Waals surface area contributed by atoms with Gasteiger partial charge in [-0.15, -0.1) is 10.2 Å². The Balaban J connectivity index is 2.23. The SMILES string of the molecule is CC(C)(C)c1nnc(NC(=O)c2ccccc2NS(C)(=O)=O)s1. The maximum atomic E-state index is 12.4. The van der Waals surface area contributed by atoms with Gasteiger partial charge in [0.1, 0.15) is 5.01 Å². The van der Waals surface area contributed by atoms with Crippen LogP contribution in [0.2, 0.25) is 0 Å². The van der Waals surface area contributed by atoms with Gasteiger partial charge in [-0.3, -0.25) is 14.8 Å². The maximum absolute atomic E-state index is 12.4. The van der Waals surface area contributed by atoms with Crippen molar-refractivity contribution in [3.63, 3.8) is 0 Å². The van der Waals surface area contributed by atoms with E-state index < -0.39 is 15.9 Å². The zero-order valence-corrected chi connectivity index (χ0v) is 14.9. The molecule has 2 rings (SSSR count). The first-order valence-corrected chi connectivity index (χ1v) is 9.49. The predicted molar refractivity (Wildman–Crippen MR) is 91.5 cm³/mol. The second kappa shape index (κ2) is 6.25. The molecule has 0 spiro atoms. The zero-order valence-electron chi connectivity index (χ0n) is 13.2. The van der Waals surface area contributed by atoms with Gasteiger partial charge in [0.15, 0.2) is 0 Å². The molecule has 7 nitrogen and oxygen atoms in total. The number of rotatable bonds is 4. The minimum Gasteiger partial charge on any atom is -0.296 e. The molecule has 0 aliphatic rings. The van der Waals surface area contributed by atoms with Gasteiger partial charge in [0, 0.05) is 5.41 Å². The first kappa shape index (κ1) is 17.4. The Morgan fingerprint density at radius 3 is 2.39 bits per heavy atom. The smallest absolute Gasteiger partial charge is 0.259 e. The first-order valence-electron chi connectivity index (χ1n) is 6.78. The van der Waals surface area contributed by atoms with E-state index in [1.807, 2.05) is 20.8 Å². The highest BCUT2D eigenvalue weighted by Gasteiger charge is 2.21. The molecule has 0 saturated heterocycles. The predicted octanol–water partition coefficient (Wildman–Crippen LogP) is 2.46. The van der Waals surface area contributed by atoms with Crippen LogP contribution in [0.1, 0.15) is 36.1 Å². The van der Waals surface area contributed by atoms with Crippen LogP contribution in [0.25, 0.3) is 0 Å². The Bertz CT molecular complexity index is 823. The van der Waals surface area contributed by atoms with Crippen LogP contribution in [-0.4, -0.2) is 30.8 Å². The van der Waals surface area contributed by atoms with Gasteiger partial charge in [0.05, 0.1) is 17.5 Å². The monoisotopic (exact) mass is 354 g/mol. The van der Waals surface area contributed by atoms with Crippen LogP contribution < -0.4 is 10.0 Å². The summed E-state index contributed by atoms with van der Waals surface area (Å²) >= 11 is 1.29. The normalized spacial score (nSPS) is 12.0. The van der Waals surface area contributed by atoms with Crippen molar-refractivity contribution in [3.05, 3.63) is 34.8 Å². The molecule has 1 amide bonds. The van der Waals surface area contributed by atoms with Crippen LogP contribution in [0.15, 0.2) is 24.3 Å². The minimum atomic E-state index is -3.48. The van der Waals surface area contributed by atoms with Crippen LogP contribution in [0.5, 0.6) is 0 Å². The van der Waals surface area contributed by atoms with E-state index in [2.05, 4.69) is 20.2 Å². The van der Waals surface area contributed by atoms with E-state index in [0.717, 1.165) is 11.3 Å². The first-order chi connectivity index (χ1) is 10.6. The second-order valence-corrected chi connectivity index (χ2v) is 8.76. The number of sulfonamides is 1. The molecule has 1 aromatic carbocycles. The molecular formula is C14H18N4O3S2. The zero-order chi connectivity index (χ0) is 17.3. The molecule has 1 aromatic heterocycles. The quantitative estimate of drug-likeness (QED) is 0.878. The molecule has 9 heteroatoms. The van der Waals surface area contributed by atoms with Crippen molar-refractivity contribution in [1.82, 2.24) is 10.2 Å². The van der Waals surface area contributed by atoms with Crippen molar-refractivity contribution in [2.45, 2.75) is 26.2 Å². The second-order valence-electron chi connectivity index (χ2n) is 6.04. The van der Waals surface area contributed by atoms with Crippen molar-refractivity contribution in [1.29, 1.82) is 0 Å². The summed E-state index contributed by atoms with van der Waals surface area (Å²) in [5.41, 5.74) is 0.273. The third kappa shape index (κ3) is 4.73. The van der Waals surface area contributed by atoms with E-state index in [-0.39, 0.29) is 16.7 Å². The summed E-state index contributed by atoms with van der Waals surface area (Å²) in [5.74, 6) is -0.451. The molecule has 0 aliphatic carbocycles. The Morgan fingerprint density at radius 2 is 1.83 bits per heavy atom. The topological polar surface area (TPSA) is 101 Å². The number of carbonyl (C=O) groups is 1. The van der Waals surface area contributed by atoms with Crippen LogP contribution in [0.4, 0.5) is 10.8 Å². The Kier molecular flexibility index (Phi) is 4.71. The summed E-state index contributed by atoms with van der Waals surface area (Å²) in [6, 6.07) is 6.36. The lowest BCUT2D eigenvalue weighted by atomic mass is 9.98. The summed E-state index contributed by atoms with van der Waals surface area (Å²) in [7, 11) is -3.48. The van der Waals surface area contributed by atoms with Crippen LogP contribution in [0.3, 0.4) is 0 Å². The van der Waals surface area contributed by atoms with Crippen molar-refractivity contribution >= 4 is 38.1 Å². The summed E-state index contributed by atoms with van der Waals surface area (Å²) in [4.78, 5) is 12.4. The summed E-state index contributed by atoms with van der Waals surface area (Å²) in [6.07, 6.45) is 1.03. The molecule has 0 fully saturated rings. The molecule has 0 radical (unpaired) electrons. The molecule has 23 heavy (non-hydrogen) atoms. The number of anilines is 2. The van der Waals surface area contributed by atoms with Gasteiger partial charge >= 0.3 is 0 Å². The number of nitrogens with one attached hydrogen (secondary N) is 2. The Morgan fingerprint density at radius 1 is 1.17 bits per heavy atom. The summed E-state index contributed by atoms with van der Waals surface area (Å²) < 4.78 is 25.1. The van der Waals surface area contributed by atoms with Gasteiger partial charge < -0.3 is 0 Å². The third-order valence-electron chi connectivity index (χ3n) is 2.75. The Labute approximate surface area is 139 Å². The van der Waals surface area contributed by atoms with Crippen molar-refractivity contribution < 1.29 is 13.2 Å². The highest BCUT2D eigenvalue weighted by Crippen LogP contribution is 2.28. The van der Waals surface area contributed by atoms with Gasteiger partial charge in [-0.1, -0.05) is 44.2 Å². The van der Waals surface area contributed by atoms with Crippen molar-refractivity contribution in [3.8, 4) is 0 Å². The highest BCUT2D eigenvalue weighted by molar-refractivity contribution is 7.92. The molecule has 0 unspecified atom stereocenters. The average Bonchev–Trinajstić information content (AvgIpc) is 2.85. The van der Waals surface area contributed by atoms with Gasteiger partial charge in [-0.05, 0) is 12.1 Å². The molecule has 124 valence electrons. The maximum Gasteiger partial charge on any atom is 0.259 e. The number of hydrogen-bond acceptors (Lipinski definition) is 6. The molecular weight excluding hydrogens is 336 g/mol. The number of aromatic nitrogens is 2. The fourth-order valence-electron chi connectivity index (χ4n) is 1.71. The number of carbonyl (C=O) groups excluding carboxylic acids is 1. The molecule has 1 heterocycles. The van der Waals surface area contributed by atoms with Crippen LogP contribution in [0, 0.1) is 0 Å². The summed E-state index contributed by atoms with van der Waals surface area (Å²) in [6.45, 7) is 6.01. The number of para-hydroxylation sites is 1. The van der Waals surface area contributed by atoms with Crippen molar-refractivity contribution in [2.24, 2.45) is 0 Å². The molecule has 0 bridgehead atoms. The lowest BCUT2D eigenvalue weighted by Crippen LogP contribution is -2.17. The standard InChI is InChI=1S/C14H18N4O3S2/c1-14(2,3)12-16-17-13(22-12)15-11(19)9-7-5-6-8-10(9)18-23(4,20)21/h5-8,18H,1-4H3,(H,15,17,19). The number of nitrogens with zero attached hydrogens (tertiary/aromatic N) is 2. The highest BCUT2D eigenvalue weighted by atomic mass is 32.2. The van der Waals surface area contributed by atoms with Gasteiger partial charge in [0.25, 0.3) is 5.91 Å². The van der Waals surface area contributed by atoms with E-state index in [1.54, 1.807) is 12.1 Å². The molecule has 0 aliphatic heterocycles. The number of benzene rings is 1. The van der Waals surface area contributed by atoms with E-state index in [9.17, 15) is 13.2 Å². The largest absolute Gasteiger partial charge is 0.296 e. The average molecular weight is 354 g/mol. The fraction of sp³-hybridized carbons (Fsp3) is 0.357. The number of hydrogen-bond donors (Lipinski definition) is 2. The third-order valence-corrected chi connectivity index (χ3v) is 4.61. The summed E-state index contributed by atoms with van der Waals surface area (Å²) in [5, 5.41) is 11.8. The molecule has 2 N–H and O–H groups in total.